The standard InChI is InChI=1S/C20H16N4O4/c1-26-15-6-8-18(22-12-15)24(20(25)27-2)14-5-7-17-16(10-14)23-19(28-17)13-4-3-9-21-11-13/h3-12H,1-2H3. The van der Waals surface area contributed by atoms with E-state index in [0.29, 0.717) is 34.2 Å². The molecule has 0 unspecified atom stereocenters. The third kappa shape index (κ3) is 3.23. The minimum absolute atomic E-state index is 0.392. The highest BCUT2D eigenvalue weighted by molar-refractivity contribution is 5.97. The minimum atomic E-state index is -0.576. The van der Waals surface area contributed by atoms with E-state index in [1.807, 2.05) is 12.1 Å². The predicted molar refractivity (Wildman–Crippen MR) is 103 cm³/mol. The highest BCUT2D eigenvalue weighted by atomic mass is 16.5. The van der Waals surface area contributed by atoms with Gasteiger partial charge in [-0.3, -0.25) is 4.98 Å². The smallest absolute Gasteiger partial charge is 0.419 e. The first-order valence-corrected chi connectivity index (χ1v) is 8.38. The van der Waals surface area contributed by atoms with Crippen LogP contribution in [-0.2, 0) is 4.74 Å². The predicted octanol–water partition coefficient (Wildman–Crippen LogP) is 4.20. The lowest BCUT2D eigenvalue weighted by molar-refractivity contribution is 0.181. The van der Waals surface area contributed by atoms with Gasteiger partial charge in [-0.15, -0.1) is 0 Å². The van der Waals surface area contributed by atoms with Crippen molar-refractivity contribution in [3.63, 3.8) is 0 Å². The number of carbonyl (C=O) groups excluding carboxylic acids is 1. The van der Waals surface area contributed by atoms with Crippen LogP contribution in [0.2, 0.25) is 0 Å². The topological polar surface area (TPSA) is 90.6 Å². The molecule has 0 bridgehead atoms. The summed E-state index contributed by atoms with van der Waals surface area (Å²) < 4.78 is 15.8. The molecule has 0 aliphatic carbocycles. The molecule has 8 heteroatoms. The zero-order chi connectivity index (χ0) is 19.5. The van der Waals surface area contributed by atoms with Crippen molar-refractivity contribution in [3.8, 4) is 17.2 Å². The lowest BCUT2D eigenvalue weighted by atomic mass is 10.2. The van der Waals surface area contributed by atoms with Crippen molar-refractivity contribution < 1.29 is 18.7 Å². The largest absolute Gasteiger partial charge is 0.495 e. The van der Waals surface area contributed by atoms with Crippen molar-refractivity contribution in [3.05, 3.63) is 61.1 Å². The number of oxazole rings is 1. The second-order valence-electron chi connectivity index (χ2n) is 5.77. The molecular weight excluding hydrogens is 360 g/mol. The number of ether oxygens (including phenoxy) is 2. The highest BCUT2D eigenvalue weighted by Gasteiger charge is 2.21. The van der Waals surface area contributed by atoms with Crippen LogP contribution >= 0.6 is 0 Å². The average Bonchev–Trinajstić information content (AvgIpc) is 3.18. The van der Waals surface area contributed by atoms with Crippen LogP contribution in [0, 0.1) is 0 Å². The Morgan fingerprint density at radius 3 is 2.68 bits per heavy atom. The Balaban J connectivity index is 1.76. The van der Waals surface area contributed by atoms with Crippen LogP contribution in [0.25, 0.3) is 22.6 Å². The lowest BCUT2D eigenvalue weighted by Gasteiger charge is -2.20. The van der Waals surface area contributed by atoms with Gasteiger partial charge in [0.15, 0.2) is 5.58 Å². The molecule has 28 heavy (non-hydrogen) atoms. The molecule has 8 nitrogen and oxygen atoms in total. The fourth-order valence-corrected chi connectivity index (χ4v) is 2.72. The third-order valence-electron chi connectivity index (χ3n) is 4.08. The van der Waals surface area contributed by atoms with E-state index in [9.17, 15) is 4.79 Å². The summed E-state index contributed by atoms with van der Waals surface area (Å²) in [6, 6.07) is 12.3. The second kappa shape index (κ2) is 7.36. The Morgan fingerprint density at radius 1 is 1.11 bits per heavy atom. The SMILES string of the molecule is COC(=O)N(c1ccc2oc(-c3cccnc3)nc2c1)c1ccc(OC)cn1. The molecule has 0 radical (unpaired) electrons. The van der Waals surface area contributed by atoms with Gasteiger partial charge in [0.05, 0.1) is 31.7 Å². The van der Waals surface area contributed by atoms with Gasteiger partial charge in [0.25, 0.3) is 0 Å². The number of anilines is 2. The molecule has 4 rings (SSSR count). The van der Waals surface area contributed by atoms with Gasteiger partial charge in [0, 0.05) is 12.4 Å². The molecule has 0 aliphatic rings. The summed E-state index contributed by atoms with van der Waals surface area (Å²) >= 11 is 0. The van der Waals surface area contributed by atoms with Crippen molar-refractivity contribution in [1.82, 2.24) is 15.0 Å². The summed E-state index contributed by atoms with van der Waals surface area (Å²) in [4.78, 5) is 26.6. The number of aromatic nitrogens is 3. The van der Waals surface area contributed by atoms with Gasteiger partial charge < -0.3 is 13.9 Å². The normalized spacial score (nSPS) is 10.6. The monoisotopic (exact) mass is 376 g/mol. The van der Waals surface area contributed by atoms with Crippen LogP contribution in [0.1, 0.15) is 0 Å². The summed E-state index contributed by atoms with van der Waals surface area (Å²) in [6.07, 6.45) is 4.31. The van der Waals surface area contributed by atoms with E-state index < -0.39 is 6.09 Å². The molecule has 0 N–H and O–H groups in total. The molecule has 0 saturated heterocycles. The first-order chi connectivity index (χ1) is 13.7. The molecule has 3 heterocycles. The number of benzene rings is 1. The molecule has 3 aromatic heterocycles. The summed E-state index contributed by atoms with van der Waals surface area (Å²) in [5.74, 6) is 1.43. The van der Waals surface area contributed by atoms with Crippen LogP contribution in [-0.4, -0.2) is 35.3 Å². The van der Waals surface area contributed by atoms with Crippen LogP contribution in [0.4, 0.5) is 16.3 Å². The number of hydrogen-bond donors (Lipinski definition) is 0. The zero-order valence-electron chi connectivity index (χ0n) is 15.2. The maximum atomic E-state index is 12.4. The molecule has 0 aliphatic heterocycles. The number of nitrogens with zero attached hydrogens (tertiary/aromatic N) is 4. The van der Waals surface area contributed by atoms with E-state index in [1.54, 1.807) is 49.8 Å². The Kier molecular flexibility index (Phi) is 4.59. The van der Waals surface area contributed by atoms with Gasteiger partial charge >= 0.3 is 6.09 Å². The maximum Gasteiger partial charge on any atom is 0.419 e. The maximum absolute atomic E-state index is 12.4. The second-order valence-corrected chi connectivity index (χ2v) is 5.77. The number of methoxy groups -OCH3 is 2. The fraction of sp³-hybridized carbons (Fsp3) is 0.100. The summed E-state index contributed by atoms with van der Waals surface area (Å²) in [5, 5.41) is 0. The molecule has 1 aromatic carbocycles. The number of rotatable bonds is 4. The molecule has 4 aromatic rings. The molecule has 0 saturated carbocycles. The number of carbonyl (C=O) groups is 1. The summed E-state index contributed by atoms with van der Waals surface area (Å²) in [6.45, 7) is 0. The number of fused-ring (bicyclic) bond motifs is 1. The van der Waals surface area contributed by atoms with Crippen LogP contribution in [0.5, 0.6) is 5.75 Å². The number of amides is 1. The van der Waals surface area contributed by atoms with Gasteiger partial charge in [-0.2, -0.15) is 0 Å². The number of hydrogen-bond acceptors (Lipinski definition) is 7. The van der Waals surface area contributed by atoms with Crippen molar-refractivity contribution in [2.75, 3.05) is 19.1 Å². The van der Waals surface area contributed by atoms with Crippen molar-refractivity contribution in [2.24, 2.45) is 0 Å². The lowest BCUT2D eigenvalue weighted by Crippen LogP contribution is -2.26. The highest BCUT2D eigenvalue weighted by Crippen LogP contribution is 2.31. The Bertz CT molecular complexity index is 1110. The van der Waals surface area contributed by atoms with Gasteiger partial charge in [-0.1, -0.05) is 0 Å². The van der Waals surface area contributed by atoms with E-state index in [1.165, 1.54) is 18.2 Å². The quantitative estimate of drug-likeness (QED) is 0.527. The van der Waals surface area contributed by atoms with Crippen molar-refractivity contribution in [1.29, 1.82) is 0 Å². The van der Waals surface area contributed by atoms with Gasteiger partial charge in [0.1, 0.15) is 17.1 Å². The van der Waals surface area contributed by atoms with E-state index in [0.717, 1.165) is 5.56 Å². The van der Waals surface area contributed by atoms with Crippen LogP contribution < -0.4 is 9.64 Å². The third-order valence-corrected chi connectivity index (χ3v) is 4.08. The first-order valence-electron chi connectivity index (χ1n) is 8.38. The molecular formula is C20H16N4O4. The van der Waals surface area contributed by atoms with Crippen molar-refractivity contribution in [2.45, 2.75) is 0 Å². The molecule has 0 atom stereocenters. The van der Waals surface area contributed by atoms with E-state index in [-0.39, 0.29) is 0 Å². The molecule has 140 valence electrons. The summed E-state index contributed by atoms with van der Waals surface area (Å²) in [5.41, 5.74) is 2.50. The van der Waals surface area contributed by atoms with E-state index in [2.05, 4.69) is 15.0 Å². The van der Waals surface area contributed by atoms with Gasteiger partial charge in [-0.25, -0.2) is 19.7 Å². The molecule has 0 fully saturated rings. The van der Waals surface area contributed by atoms with E-state index >= 15 is 0 Å². The van der Waals surface area contributed by atoms with Crippen LogP contribution in [0.15, 0.2) is 65.5 Å². The molecule has 1 amide bonds. The Hall–Kier alpha value is -3.94. The zero-order valence-corrected chi connectivity index (χ0v) is 15.2. The summed E-state index contributed by atoms with van der Waals surface area (Å²) in [7, 11) is 2.86. The number of pyridine rings is 2. The Labute approximate surface area is 160 Å². The fourth-order valence-electron chi connectivity index (χ4n) is 2.72. The minimum Gasteiger partial charge on any atom is -0.495 e. The first kappa shape index (κ1) is 17.5. The average molecular weight is 376 g/mol. The van der Waals surface area contributed by atoms with Gasteiger partial charge in [0.2, 0.25) is 5.89 Å². The van der Waals surface area contributed by atoms with Gasteiger partial charge in [-0.05, 0) is 42.5 Å². The molecule has 0 spiro atoms. The van der Waals surface area contributed by atoms with E-state index in [4.69, 9.17) is 13.9 Å². The van der Waals surface area contributed by atoms with Crippen LogP contribution in [0.3, 0.4) is 0 Å². The Morgan fingerprint density at radius 2 is 2.00 bits per heavy atom. The van der Waals surface area contributed by atoms with Crippen molar-refractivity contribution >= 4 is 28.7 Å².